The summed E-state index contributed by atoms with van der Waals surface area (Å²) in [4.78, 5) is 29.2. The SMILES string of the molecule is Cc1nc2ccc(Cl)cc2c(-c2ccccc2)c1C1=C[C@H](c2ccccc2Cl)N(C(=O)CCCC(=O)O)N1. The van der Waals surface area contributed by atoms with Crippen LogP contribution in [0.15, 0.2) is 78.9 Å². The molecule has 1 aromatic heterocycles. The number of amides is 1. The van der Waals surface area contributed by atoms with Crippen LogP contribution in [0.3, 0.4) is 0 Å². The minimum absolute atomic E-state index is 0.0801. The van der Waals surface area contributed by atoms with Crippen LogP contribution >= 0.6 is 23.2 Å². The number of carboxylic acids is 1. The van der Waals surface area contributed by atoms with E-state index < -0.39 is 12.0 Å². The number of rotatable bonds is 7. The molecule has 4 aromatic rings. The van der Waals surface area contributed by atoms with Crippen molar-refractivity contribution in [3.05, 3.63) is 106 Å². The molecule has 1 aliphatic rings. The molecular weight excluding hydrogens is 521 g/mol. The molecule has 0 bridgehead atoms. The first kappa shape index (κ1) is 25.8. The number of nitrogens with zero attached hydrogens (tertiary/aromatic N) is 2. The topological polar surface area (TPSA) is 82.5 Å². The lowest BCUT2D eigenvalue weighted by atomic mass is 9.92. The number of nitrogens with one attached hydrogen (secondary N) is 1. The van der Waals surface area contributed by atoms with E-state index in [1.165, 1.54) is 5.01 Å². The third-order valence-electron chi connectivity index (χ3n) is 6.58. The molecule has 0 saturated heterocycles. The van der Waals surface area contributed by atoms with Gasteiger partial charge in [0.1, 0.15) is 6.04 Å². The Kier molecular flexibility index (Phi) is 7.36. The Balaban J connectivity index is 1.67. The van der Waals surface area contributed by atoms with Crippen molar-refractivity contribution >= 4 is 51.7 Å². The maximum Gasteiger partial charge on any atom is 0.303 e. The van der Waals surface area contributed by atoms with Crippen molar-refractivity contribution in [2.45, 2.75) is 32.2 Å². The van der Waals surface area contributed by atoms with Crippen LogP contribution in [0.25, 0.3) is 27.7 Å². The van der Waals surface area contributed by atoms with Crippen molar-refractivity contribution in [3.63, 3.8) is 0 Å². The fourth-order valence-electron chi connectivity index (χ4n) is 4.87. The van der Waals surface area contributed by atoms with E-state index in [4.69, 9.17) is 33.3 Å². The number of fused-ring (bicyclic) bond motifs is 1. The number of benzene rings is 3. The molecule has 192 valence electrons. The van der Waals surface area contributed by atoms with Gasteiger partial charge in [-0.25, -0.2) is 5.01 Å². The summed E-state index contributed by atoms with van der Waals surface area (Å²) >= 11 is 13.0. The largest absolute Gasteiger partial charge is 0.481 e. The Morgan fingerprint density at radius 3 is 2.45 bits per heavy atom. The molecule has 0 aliphatic carbocycles. The van der Waals surface area contributed by atoms with Gasteiger partial charge < -0.3 is 5.11 Å². The van der Waals surface area contributed by atoms with Crippen LogP contribution in [0.4, 0.5) is 0 Å². The molecule has 5 rings (SSSR count). The molecule has 2 heterocycles. The van der Waals surface area contributed by atoms with Gasteiger partial charge in [-0.15, -0.1) is 0 Å². The maximum atomic E-state index is 13.4. The molecule has 0 saturated carbocycles. The zero-order chi connectivity index (χ0) is 26.8. The van der Waals surface area contributed by atoms with Crippen LogP contribution in [-0.4, -0.2) is 27.0 Å². The Morgan fingerprint density at radius 2 is 1.71 bits per heavy atom. The molecule has 8 heteroatoms. The fraction of sp³-hybridized carbons (Fsp3) is 0.167. The van der Waals surface area contributed by atoms with Gasteiger partial charge in [-0.05, 0) is 54.8 Å². The van der Waals surface area contributed by atoms with Crippen LogP contribution in [0, 0.1) is 6.92 Å². The second kappa shape index (κ2) is 10.9. The number of pyridine rings is 1. The molecule has 2 N–H and O–H groups in total. The highest BCUT2D eigenvalue weighted by Crippen LogP contribution is 2.41. The molecule has 0 radical (unpaired) electrons. The quantitative estimate of drug-likeness (QED) is 0.256. The summed E-state index contributed by atoms with van der Waals surface area (Å²) in [6.45, 7) is 1.94. The Bertz CT molecular complexity index is 1570. The highest BCUT2D eigenvalue weighted by molar-refractivity contribution is 6.32. The predicted octanol–water partition coefficient (Wildman–Crippen LogP) is 7.20. The van der Waals surface area contributed by atoms with E-state index in [9.17, 15) is 9.59 Å². The Morgan fingerprint density at radius 1 is 0.974 bits per heavy atom. The molecular formula is C30H25Cl2N3O3. The first-order chi connectivity index (χ1) is 18.3. The van der Waals surface area contributed by atoms with Crippen molar-refractivity contribution in [1.29, 1.82) is 0 Å². The van der Waals surface area contributed by atoms with Crippen molar-refractivity contribution < 1.29 is 14.7 Å². The van der Waals surface area contributed by atoms with Gasteiger partial charge in [0.15, 0.2) is 0 Å². The average molecular weight is 546 g/mol. The summed E-state index contributed by atoms with van der Waals surface area (Å²) in [7, 11) is 0. The number of carbonyl (C=O) groups excluding carboxylic acids is 1. The molecule has 1 atom stereocenters. The lowest BCUT2D eigenvalue weighted by molar-refractivity contribution is -0.137. The molecule has 1 aliphatic heterocycles. The third-order valence-corrected chi connectivity index (χ3v) is 7.16. The van der Waals surface area contributed by atoms with E-state index in [2.05, 4.69) is 5.43 Å². The van der Waals surface area contributed by atoms with Crippen molar-refractivity contribution in [3.8, 4) is 11.1 Å². The maximum absolute atomic E-state index is 13.4. The normalized spacial score (nSPS) is 14.9. The van der Waals surface area contributed by atoms with Crippen LogP contribution in [-0.2, 0) is 9.59 Å². The number of aromatic nitrogens is 1. The van der Waals surface area contributed by atoms with Crippen LogP contribution in [0.1, 0.15) is 42.1 Å². The van der Waals surface area contributed by atoms with Crippen molar-refractivity contribution in [1.82, 2.24) is 15.4 Å². The Hall–Kier alpha value is -3.87. The summed E-state index contributed by atoms with van der Waals surface area (Å²) < 4.78 is 0. The van der Waals surface area contributed by atoms with Crippen molar-refractivity contribution in [2.24, 2.45) is 0 Å². The molecule has 0 unspecified atom stereocenters. The van der Waals surface area contributed by atoms with E-state index in [1.54, 1.807) is 6.07 Å². The number of halogens is 2. The van der Waals surface area contributed by atoms with E-state index in [0.717, 1.165) is 38.9 Å². The Labute approximate surface area is 230 Å². The third kappa shape index (κ3) is 5.10. The van der Waals surface area contributed by atoms with Crippen LogP contribution in [0.5, 0.6) is 0 Å². The van der Waals surface area contributed by atoms with Gasteiger partial charge >= 0.3 is 5.97 Å². The van der Waals surface area contributed by atoms with Gasteiger partial charge in [-0.1, -0.05) is 71.7 Å². The van der Waals surface area contributed by atoms with Crippen LogP contribution < -0.4 is 5.43 Å². The smallest absolute Gasteiger partial charge is 0.303 e. The van der Waals surface area contributed by atoms with Gasteiger partial charge in [-0.2, -0.15) is 0 Å². The monoisotopic (exact) mass is 545 g/mol. The van der Waals surface area contributed by atoms with Gasteiger partial charge in [-0.3, -0.25) is 20.0 Å². The van der Waals surface area contributed by atoms with Gasteiger partial charge in [0.05, 0.1) is 11.2 Å². The minimum Gasteiger partial charge on any atom is -0.481 e. The van der Waals surface area contributed by atoms with Crippen LogP contribution in [0.2, 0.25) is 10.0 Å². The number of carbonyl (C=O) groups is 2. The predicted molar refractivity (Wildman–Crippen MR) is 151 cm³/mol. The summed E-state index contributed by atoms with van der Waals surface area (Å²) in [5, 5.41) is 12.6. The first-order valence-electron chi connectivity index (χ1n) is 12.3. The average Bonchev–Trinajstić information content (AvgIpc) is 3.33. The van der Waals surface area contributed by atoms with E-state index in [1.807, 2.05) is 79.7 Å². The molecule has 0 fully saturated rings. The highest BCUT2D eigenvalue weighted by atomic mass is 35.5. The number of hydrogen-bond acceptors (Lipinski definition) is 4. The zero-order valence-corrected chi connectivity index (χ0v) is 22.1. The van der Waals surface area contributed by atoms with Crippen molar-refractivity contribution in [2.75, 3.05) is 0 Å². The highest BCUT2D eigenvalue weighted by Gasteiger charge is 2.33. The number of hydrazine groups is 1. The molecule has 6 nitrogen and oxygen atoms in total. The summed E-state index contributed by atoms with van der Waals surface area (Å²) in [6.07, 6.45) is 2.21. The second-order valence-electron chi connectivity index (χ2n) is 9.14. The molecule has 3 aromatic carbocycles. The number of carboxylic acid groups (broad SMARTS) is 1. The first-order valence-corrected chi connectivity index (χ1v) is 13.0. The lowest BCUT2D eigenvalue weighted by Gasteiger charge is -2.26. The zero-order valence-electron chi connectivity index (χ0n) is 20.6. The van der Waals surface area contributed by atoms with Gasteiger partial charge in [0.25, 0.3) is 0 Å². The summed E-state index contributed by atoms with van der Waals surface area (Å²) in [5.74, 6) is -1.16. The fourth-order valence-corrected chi connectivity index (χ4v) is 5.29. The summed E-state index contributed by atoms with van der Waals surface area (Å²) in [5.41, 5.74) is 9.19. The standard InChI is InChI=1S/C30H25Cl2N3O3/c1-18-29(30(19-8-3-2-4-9-19)22-16-20(31)14-15-24(22)33-18)25-17-26(21-10-5-6-11-23(21)32)35(34-25)27(36)12-7-13-28(37)38/h2-6,8-11,14-17,26,34H,7,12-13H2,1H3,(H,37,38)/t26-/m1/s1. The van der Waals surface area contributed by atoms with Gasteiger partial charge in [0.2, 0.25) is 5.91 Å². The second-order valence-corrected chi connectivity index (χ2v) is 9.99. The minimum atomic E-state index is -0.933. The van der Waals surface area contributed by atoms with E-state index in [0.29, 0.717) is 15.7 Å². The van der Waals surface area contributed by atoms with Gasteiger partial charge in [0, 0.05) is 45.1 Å². The molecule has 1 amide bonds. The molecule has 38 heavy (non-hydrogen) atoms. The number of aliphatic carboxylic acids is 1. The number of hydrogen-bond donors (Lipinski definition) is 2. The van der Waals surface area contributed by atoms with E-state index in [-0.39, 0.29) is 25.2 Å². The summed E-state index contributed by atoms with van der Waals surface area (Å²) in [6, 6.07) is 22.5. The number of aryl methyl sites for hydroxylation is 1. The van der Waals surface area contributed by atoms with E-state index >= 15 is 0 Å². The molecule has 0 spiro atoms. The lowest BCUT2D eigenvalue weighted by Crippen LogP contribution is -2.39.